The summed E-state index contributed by atoms with van der Waals surface area (Å²) in [6, 6.07) is 13.6. The summed E-state index contributed by atoms with van der Waals surface area (Å²) in [4.78, 5) is 85.5. The molecule has 3 aliphatic rings. The molecule has 22 nitrogen and oxygen atoms in total. The van der Waals surface area contributed by atoms with E-state index in [0.717, 1.165) is 94.6 Å². The van der Waals surface area contributed by atoms with E-state index >= 15 is 0 Å². The fourth-order valence-corrected chi connectivity index (χ4v) is 12.1. The van der Waals surface area contributed by atoms with E-state index in [-0.39, 0.29) is 43.1 Å². The average Bonchev–Trinajstić information content (AvgIpc) is 4.14. The summed E-state index contributed by atoms with van der Waals surface area (Å²) in [5, 5.41) is 46.1. The van der Waals surface area contributed by atoms with Crippen LogP contribution in [0.5, 0.6) is 11.5 Å². The van der Waals surface area contributed by atoms with E-state index in [2.05, 4.69) is 67.0 Å². The lowest BCUT2D eigenvalue weighted by molar-refractivity contribution is -0.155. The Labute approximate surface area is 478 Å². The highest BCUT2D eigenvalue weighted by molar-refractivity contribution is 5.98. The van der Waals surface area contributed by atoms with Crippen LogP contribution in [0.15, 0.2) is 42.5 Å². The van der Waals surface area contributed by atoms with Crippen LogP contribution in [-0.4, -0.2) is 241 Å². The second-order valence-corrected chi connectivity index (χ2v) is 22.9. The van der Waals surface area contributed by atoms with Crippen LogP contribution in [0.3, 0.4) is 0 Å². The van der Waals surface area contributed by atoms with Crippen molar-refractivity contribution in [3.63, 3.8) is 0 Å². The second kappa shape index (κ2) is 31.2. The number of methoxy groups -OCH3 is 2. The van der Waals surface area contributed by atoms with Crippen molar-refractivity contribution in [3.05, 3.63) is 53.7 Å². The first kappa shape index (κ1) is 65.5. The summed E-state index contributed by atoms with van der Waals surface area (Å²) < 4.78 is 13.5. The van der Waals surface area contributed by atoms with Gasteiger partial charge in [-0.2, -0.15) is 5.10 Å². The molecular formula is C59H92N10O12. The number of benzene rings is 2. The largest absolute Gasteiger partial charge is 0.496 e. The van der Waals surface area contributed by atoms with Gasteiger partial charge >= 0.3 is 23.9 Å². The average molecular weight is 1130 g/mol. The molecule has 450 valence electrons. The third-order valence-electron chi connectivity index (χ3n) is 16.5. The Morgan fingerprint density at radius 1 is 0.728 bits per heavy atom. The van der Waals surface area contributed by atoms with Crippen molar-refractivity contribution in [2.45, 2.75) is 84.6 Å². The van der Waals surface area contributed by atoms with Gasteiger partial charge in [0.05, 0.1) is 50.8 Å². The molecule has 3 aromatic rings. The monoisotopic (exact) mass is 1130 g/mol. The smallest absolute Gasteiger partial charge is 0.329 e. The molecule has 0 radical (unpaired) electrons. The summed E-state index contributed by atoms with van der Waals surface area (Å²) in [5.41, 5.74) is 2.88. The van der Waals surface area contributed by atoms with E-state index in [0.29, 0.717) is 87.0 Å². The van der Waals surface area contributed by atoms with E-state index in [9.17, 15) is 33.9 Å². The number of carboxylic acid groups (broad SMARTS) is 4. The third-order valence-corrected chi connectivity index (χ3v) is 16.5. The highest BCUT2D eigenvalue weighted by atomic mass is 16.5. The molecule has 1 aliphatic heterocycles. The van der Waals surface area contributed by atoms with E-state index in [4.69, 9.17) is 29.9 Å². The Morgan fingerprint density at radius 3 is 1.74 bits per heavy atom. The molecular weight excluding hydrogens is 1040 g/mol. The van der Waals surface area contributed by atoms with E-state index in [1.165, 1.54) is 0 Å². The van der Waals surface area contributed by atoms with Crippen LogP contribution in [0.1, 0.15) is 95.1 Å². The minimum absolute atomic E-state index is 0.0798. The zero-order chi connectivity index (χ0) is 59.6. The number of carbonyl (C=O) groups is 6. The second-order valence-electron chi connectivity index (χ2n) is 22.9. The lowest BCUT2D eigenvalue weighted by atomic mass is 9.56. The molecule has 2 heterocycles. The molecule has 2 aromatic carbocycles. The number of nitrogens with one attached hydrogen (secondary N) is 1. The molecule has 5 N–H and O–H groups in total. The zero-order valence-corrected chi connectivity index (χ0v) is 49.6. The van der Waals surface area contributed by atoms with Gasteiger partial charge in [-0.1, -0.05) is 40.7 Å². The van der Waals surface area contributed by atoms with Gasteiger partial charge in [-0.05, 0) is 137 Å². The number of carbonyl (C=O) groups excluding carboxylic acids is 2. The molecule has 5 atom stereocenters. The van der Waals surface area contributed by atoms with Crippen molar-refractivity contribution in [1.82, 2.24) is 44.5 Å². The topological polar surface area (TPSA) is 254 Å². The Kier molecular flexibility index (Phi) is 25.2. The number of rotatable bonds is 25. The van der Waals surface area contributed by atoms with Gasteiger partial charge in [0, 0.05) is 85.2 Å². The maximum atomic E-state index is 14.4. The molecule has 1 aromatic heterocycles. The number of aliphatic carboxylic acids is 4. The van der Waals surface area contributed by atoms with Crippen LogP contribution in [-0.2, 0) is 24.0 Å². The van der Waals surface area contributed by atoms with Crippen molar-refractivity contribution >= 4 is 41.9 Å². The summed E-state index contributed by atoms with van der Waals surface area (Å²) in [6.45, 7) is 18.7. The Hall–Kier alpha value is -6.33. The molecule has 2 amide bonds. The molecule has 5 unspecified atom stereocenters. The van der Waals surface area contributed by atoms with Crippen molar-refractivity contribution in [2.75, 3.05) is 145 Å². The fraction of sp³-hybridized carbons (Fsp3) is 0.644. The van der Waals surface area contributed by atoms with Crippen molar-refractivity contribution < 1.29 is 58.7 Å². The number of carboxylic acids is 4. The first-order chi connectivity index (χ1) is 38.5. The number of fused-ring (bicyclic) bond motifs is 2. The van der Waals surface area contributed by atoms with E-state index in [1.54, 1.807) is 41.8 Å². The van der Waals surface area contributed by atoms with Crippen LogP contribution in [0.25, 0.3) is 16.9 Å². The van der Waals surface area contributed by atoms with Crippen molar-refractivity contribution in [2.24, 2.45) is 23.7 Å². The first-order valence-corrected chi connectivity index (χ1v) is 28.6. The number of hydrogen-bond donors (Lipinski definition) is 5. The van der Waals surface area contributed by atoms with Crippen LogP contribution >= 0.6 is 0 Å². The molecule has 2 saturated carbocycles. The zero-order valence-electron chi connectivity index (χ0n) is 49.6. The number of ether oxygens (including phenoxy) is 2. The van der Waals surface area contributed by atoms with Gasteiger partial charge < -0.3 is 54.8 Å². The van der Waals surface area contributed by atoms with Gasteiger partial charge in [0.25, 0.3) is 5.91 Å². The standard InChI is InChI=1S/C43H62N6O6.C16H30N4O6/c1-28(2)34-25-33(48(7)20-12-18-46(5)17-11-19-47(6)27-50)15-16-36(34)49-37(40-38(54-8)13-10-14-39(40)55-9)26-35(45-49)41(51)44-43(42(52)53)30(4)23-31-21-29(3)22-32(43)24-31;1-2-17-3-5-18(11-14(21)22)7-9-20(13-16(25)26)10-8-19(6-4-17)12-15(23)24/h10,13-16,25-32H,11-12,17-24H2,1-9H3,(H,44,51)(H,52,53);2-13H2,1H3,(H,21,22)(H,23,24)(H,25,26). The molecule has 81 heavy (non-hydrogen) atoms. The minimum Gasteiger partial charge on any atom is -0.496 e. The maximum Gasteiger partial charge on any atom is 0.329 e. The molecule has 0 spiro atoms. The molecule has 22 heteroatoms. The Bertz CT molecular complexity index is 2500. The minimum atomic E-state index is -1.38. The van der Waals surface area contributed by atoms with E-state index in [1.807, 2.05) is 47.9 Å². The number of anilines is 1. The highest BCUT2D eigenvalue weighted by Gasteiger charge is 2.57. The van der Waals surface area contributed by atoms with Crippen LogP contribution in [0, 0.1) is 23.7 Å². The lowest BCUT2D eigenvalue weighted by Crippen LogP contribution is -2.66. The summed E-state index contributed by atoms with van der Waals surface area (Å²) >= 11 is 0. The highest BCUT2D eigenvalue weighted by Crippen LogP contribution is 2.50. The number of aromatic nitrogens is 2. The van der Waals surface area contributed by atoms with Gasteiger partial charge in [-0.15, -0.1) is 0 Å². The normalized spacial score (nSPS) is 21.4. The van der Waals surface area contributed by atoms with E-state index < -0.39 is 35.3 Å². The molecule has 1 saturated heterocycles. The molecule has 6 rings (SSSR count). The first-order valence-electron chi connectivity index (χ1n) is 28.6. The van der Waals surface area contributed by atoms with Crippen molar-refractivity contribution in [3.8, 4) is 28.4 Å². The van der Waals surface area contributed by atoms with Gasteiger partial charge in [0.2, 0.25) is 6.41 Å². The van der Waals surface area contributed by atoms with Crippen LogP contribution < -0.4 is 19.7 Å². The number of amides is 2. The van der Waals surface area contributed by atoms with Gasteiger partial charge in [0.15, 0.2) is 5.69 Å². The molecule has 2 bridgehead atoms. The SMILES string of the molecule is CCN1CCN(CC(=O)O)CCN(CC(=O)O)CCN(CC(=O)O)CC1.COc1cccc(OC)c1-c1cc(C(=O)NC2(C(=O)O)C(C)CC3CC(C)CC2C3)nn1-c1ccc(N(C)CCCN(C)CCCN(C)C=O)cc1C(C)C. The summed E-state index contributed by atoms with van der Waals surface area (Å²) in [6.07, 6.45) is 6.20. The summed E-state index contributed by atoms with van der Waals surface area (Å²) in [7, 11) is 9.21. The van der Waals surface area contributed by atoms with Crippen molar-refractivity contribution in [1.29, 1.82) is 0 Å². The third kappa shape index (κ3) is 18.3. The predicted octanol–water partition coefficient (Wildman–Crippen LogP) is 5.04. The number of hydrogen-bond acceptors (Lipinski definition) is 15. The Morgan fingerprint density at radius 2 is 1.26 bits per heavy atom. The molecule has 3 fully saturated rings. The maximum absolute atomic E-state index is 14.4. The number of nitrogens with zero attached hydrogens (tertiary/aromatic N) is 9. The predicted molar refractivity (Wildman–Crippen MR) is 311 cm³/mol. The quantitative estimate of drug-likeness (QED) is 0.0697. The fourth-order valence-electron chi connectivity index (χ4n) is 12.1. The van der Waals surface area contributed by atoms with Gasteiger partial charge in [-0.25, -0.2) is 9.48 Å². The van der Waals surface area contributed by atoms with Gasteiger partial charge in [0.1, 0.15) is 17.0 Å². The lowest BCUT2D eigenvalue weighted by Gasteiger charge is -2.52. The Balaban J connectivity index is 0.000000388. The summed E-state index contributed by atoms with van der Waals surface area (Å²) in [5.74, 6) is -2.55. The number of likely N-dealkylation sites (N-methyl/N-ethyl adjacent to an activating group) is 1. The van der Waals surface area contributed by atoms with Crippen LogP contribution in [0.4, 0.5) is 5.69 Å². The van der Waals surface area contributed by atoms with Crippen LogP contribution in [0.2, 0.25) is 0 Å². The molecule has 2 aliphatic carbocycles. The van der Waals surface area contributed by atoms with Gasteiger partial charge in [-0.3, -0.25) is 38.7 Å².